The maximum absolute atomic E-state index is 13.2. The van der Waals surface area contributed by atoms with Crippen LogP contribution in [0.25, 0.3) is 6.08 Å². The van der Waals surface area contributed by atoms with Crippen LogP contribution in [0.1, 0.15) is 44.6 Å². The number of carbonyl (C=O) groups is 2. The maximum Gasteiger partial charge on any atom is 0.251 e. The van der Waals surface area contributed by atoms with Crippen LogP contribution in [-0.4, -0.2) is 67.0 Å². The molecule has 2 aromatic carbocycles. The molecule has 1 atom stereocenters. The minimum Gasteiger partial charge on any atom is -0.494 e. The first kappa shape index (κ1) is 25.1. The number of imide groups is 1. The predicted molar refractivity (Wildman–Crippen MR) is 140 cm³/mol. The van der Waals surface area contributed by atoms with E-state index in [0.717, 1.165) is 44.9 Å². The molecule has 6 nitrogen and oxygen atoms in total. The van der Waals surface area contributed by atoms with Crippen molar-refractivity contribution in [3.63, 3.8) is 0 Å². The van der Waals surface area contributed by atoms with Crippen molar-refractivity contribution in [1.29, 1.82) is 0 Å². The molecule has 2 aromatic rings. The van der Waals surface area contributed by atoms with Gasteiger partial charge in [0, 0.05) is 32.7 Å². The Balaban J connectivity index is 1.25. The highest BCUT2D eigenvalue weighted by atomic mass is 16.5. The number of nitrogens with zero attached hydrogens (tertiary/aromatic N) is 3. The average Bonchev–Trinajstić information content (AvgIpc) is 3.19. The van der Waals surface area contributed by atoms with Gasteiger partial charge < -0.3 is 4.74 Å². The van der Waals surface area contributed by atoms with E-state index in [1.807, 2.05) is 42.5 Å². The monoisotopic (exact) mass is 475 g/mol. The largest absolute Gasteiger partial charge is 0.494 e. The fourth-order valence-corrected chi connectivity index (χ4v) is 4.74. The number of hydrogen-bond acceptors (Lipinski definition) is 5. The van der Waals surface area contributed by atoms with E-state index in [2.05, 4.69) is 41.0 Å². The first-order chi connectivity index (χ1) is 17.2. The lowest BCUT2D eigenvalue weighted by Crippen LogP contribution is -2.52. The van der Waals surface area contributed by atoms with E-state index >= 15 is 0 Å². The van der Waals surface area contributed by atoms with E-state index in [1.54, 1.807) is 0 Å². The number of hydrogen-bond donors (Lipinski definition) is 0. The van der Waals surface area contributed by atoms with Crippen LogP contribution in [0.15, 0.2) is 60.7 Å². The van der Waals surface area contributed by atoms with Crippen LogP contribution in [0.5, 0.6) is 5.75 Å². The van der Waals surface area contributed by atoms with E-state index in [9.17, 15) is 9.59 Å². The van der Waals surface area contributed by atoms with Gasteiger partial charge in [0.15, 0.2) is 0 Å². The van der Waals surface area contributed by atoms with Crippen LogP contribution in [0, 0.1) is 0 Å². The summed E-state index contributed by atoms with van der Waals surface area (Å²) in [5.41, 5.74) is 1.83. The number of piperazine rings is 1. The number of amides is 2. The molecule has 2 heterocycles. The van der Waals surface area contributed by atoms with Crippen molar-refractivity contribution in [2.24, 2.45) is 0 Å². The number of carbonyl (C=O) groups excluding carboxylic acids is 2. The highest BCUT2D eigenvalue weighted by Gasteiger charge is 2.43. The highest BCUT2D eigenvalue weighted by Crippen LogP contribution is 2.28. The Morgan fingerprint density at radius 3 is 2.37 bits per heavy atom. The molecule has 0 aliphatic carbocycles. The maximum atomic E-state index is 13.2. The molecular formula is C29H37N3O3. The Bertz CT molecular complexity index is 982. The topological polar surface area (TPSA) is 53.1 Å². The number of rotatable bonds is 11. The lowest BCUT2D eigenvalue weighted by molar-refractivity contribution is -0.123. The molecule has 0 N–H and O–H groups in total. The third-order valence-corrected chi connectivity index (χ3v) is 6.81. The summed E-state index contributed by atoms with van der Waals surface area (Å²) < 4.78 is 5.80. The van der Waals surface area contributed by atoms with E-state index < -0.39 is 0 Å². The molecule has 0 spiro atoms. The van der Waals surface area contributed by atoms with Crippen molar-refractivity contribution in [3.05, 3.63) is 66.2 Å². The molecular weight excluding hydrogens is 438 g/mol. The summed E-state index contributed by atoms with van der Waals surface area (Å²) in [7, 11) is 0. The van der Waals surface area contributed by atoms with Crippen LogP contribution in [0.3, 0.4) is 0 Å². The van der Waals surface area contributed by atoms with Gasteiger partial charge in [-0.1, -0.05) is 68.7 Å². The Morgan fingerprint density at radius 1 is 0.914 bits per heavy atom. The molecule has 2 saturated heterocycles. The van der Waals surface area contributed by atoms with E-state index in [1.165, 1.54) is 29.7 Å². The molecule has 35 heavy (non-hydrogen) atoms. The third kappa shape index (κ3) is 6.80. The summed E-state index contributed by atoms with van der Waals surface area (Å²) >= 11 is 0. The Kier molecular flexibility index (Phi) is 9.09. The van der Waals surface area contributed by atoms with Gasteiger partial charge in [-0.25, -0.2) is 4.90 Å². The van der Waals surface area contributed by atoms with Crippen LogP contribution in [0.4, 0.5) is 5.69 Å². The second kappa shape index (κ2) is 12.7. The number of benzene rings is 2. The minimum absolute atomic E-state index is 0.111. The van der Waals surface area contributed by atoms with Crippen LogP contribution in [-0.2, 0) is 9.59 Å². The SMILES string of the molecule is CCCCCCOc1ccc(N2C(=O)CC(N3CCN(C/C=C/c4ccccc4)CC3)C2=O)cc1. The predicted octanol–water partition coefficient (Wildman–Crippen LogP) is 4.61. The van der Waals surface area contributed by atoms with Crippen molar-refractivity contribution in [3.8, 4) is 5.75 Å². The lowest BCUT2D eigenvalue weighted by Gasteiger charge is -2.36. The van der Waals surface area contributed by atoms with Gasteiger partial charge in [-0.3, -0.25) is 19.4 Å². The minimum atomic E-state index is -0.362. The molecule has 0 saturated carbocycles. The van der Waals surface area contributed by atoms with Crippen molar-refractivity contribution in [2.45, 2.75) is 45.1 Å². The molecule has 0 bridgehead atoms. The highest BCUT2D eigenvalue weighted by molar-refractivity contribution is 6.22. The molecule has 2 amide bonds. The van der Waals surface area contributed by atoms with Gasteiger partial charge in [0.2, 0.25) is 5.91 Å². The average molecular weight is 476 g/mol. The zero-order valence-electron chi connectivity index (χ0n) is 20.8. The summed E-state index contributed by atoms with van der Waals surface area (Å²) in [6.07, 6.45) is 9.23. The molecule has 4 rings (SSSR count). The molecule has 2 aliphatic rings. The summed E-state index contributed by atoms with van der Waals surface area (Å²) in [6.45, 7) is 7.14. The van der Waals surface area contributed by atoms with Gasteiger partial charge in [0.05, 0.1) is 24.8 Å². The summed E-state index contributed by atoms with van der Waals surface area (Å²) in [5, 5.41) is 0. The number of ether oxygens (including phenoxy) is 1. The van der Waals surface area contributed by atoms with Gasteiger partial charge in [-0.05, 0) is 36.2 Å². The third-order valence-electron chi connectivity index (χ3n) is 6.81. The van der Waals surface area contributed by atoms with Gasteiger partial charge in [-0.2, -0.15) is 0 Å². The summed E-state index contributed by atoms with van der Waals surface area (Å²) in [6, 6.07) is 17.3. The normalized spacial score (nSPS) is 19.7. The first-order valence-corrected chi connectivity index (χ1v) is 12.9. The molecule has 0 aromatic heterocycles. The molecule has 6 heteroatoms. The van der Waals surface area contributed by atoms with Gasteiger partial charge in [0.25, 0.3) is 5.91 Å². The van der Waals surface area contributed by atoms with Crippen molar-refractivity contribution in [2.75, 3.05) is 44.2 Å². The second-order valence-corrected chi connectivity index (χ2v) is 9.34. The smallest absolute Gasteiger partial charge is 0.251 e. The Labute approximate surface area is 209 Å². The molecule has 1 unspecified atom stereocenters. The van der Waals surface area contributed by atoms with Gasteiger partial charge in [-0.15, -0.1) is 0 Å². The first-order valence-electron chi connectivity index (χ1n) is 12.9. The zero-order chi connectivity index (χ0) is 24.5. The van der Waals surface area contributed by atoms with Gasteiger partial charge >= 0.3 is 0 Å². The van der Waals surface area contributed by atoms with Gasteiger partial charge in [0.1, 0.15) is 5.75 Å². The van der Waals surface area contributed by atoms with E-state index in [-0.39, 0.29) is 24.3 Å². The van der Waals surface area contributed by atoms with E-state index in [4.69, 9.17) is 4.74 Å². The van der Waals surface area contributed by atoms with Crippen molar-refractivity contribution in [1.82, 2.24) is 9.80 Å². The van der Waals surface area contributed by atoms with Crippen molar-refractivity contribution >= 4 is 23.6 Å². The zero-order valence-corrected chi connectivity index (χ0v) is 20.8. The number of unbranched alkanes of at least 4 members (excludes halogenated alkanes) is 3. The van der Waals surface area contributed by atoms with Crippen LogP contribution >= 0.6 is 0 Å². The lowest BCUT2D eigenvalue weighted by atomic mass is 10.1. The fourth-order valence-electron chi connectivity index (χ4n) is 4.74. The number of anilines is 1. The fraction of sp³-hybridized carbons (Fsp3) is 0.448. The second-order valence-electron chi connectivity index (χ2n) is 9.34. The molecule has 2 fully saturated rings. The summed E-state index contributed by atoms with van der Waals surface area (Å²) in [4.78, 5) is 31.9. The Hall–Kier alpha value is -2.96. The molecule has 2 aliphatic heterocycles. The Morgan fingerprint density at radius 2 is 1.66 bits per heavy atom. The van der Waals surface area contributed by atoms with E-state index in [0.29, 0.717) is 12.3 Å². The standard InChI is InChI=1S/C29H37N3O3/c1-2-3-4-8-22-35-26-15-13-25(14-16-26)32-28(33)23-27(29(32)34)31-20-18-30(19-21-31)17-9-12-24-10-6-5-7-11-24/h5-7,9-16,27H,2-4,8,17-23H2,1H3/b12-9+. The molecule has 0 radical (unpaired) electrons. The quantitative estimate of drug-likeness (QED) is 0.351. The molecule has 186 valence electrons. The van der Waals surface area contributed by atoms with Crippen LogP contribution < -0.4 is 9.64 Å². The van der Waals surface area contributed by atoms with Crippen molar-refractivity contribution < 1.29 is 14.3 Å². The van der Waals surface area contributed by atoms with Crippen LogP contribution in [0.2, 0.25) is 0 Å². The summed E-state index contributed by atoms with van der Waals surface area (Å²) in [5.74, 6) is 0.542.